The summed E-state index contributed by atoms with van der Waals surface area (Å²) < 4.78 is 0. The zero-order chi connectivity index (χ0) is 16.6. The van der Waals surface area contributed by atoms with Gasteiger partial charge in [-0.25, -0.2) is 0 Å². The van der Waals surface area contributed by atoms with Crippen LogP contribution in [-0.2, 0) is 0 Å². The van der Waals surface area contributed by atoms with Crippen molar-refractivity contribution in [3.63, 3.8) is 0 Å². The quantitative estimate of drug-likeness (QED) is 0.590. The summed E-state index contributed by atoms with van der Waals surface area (Å²) in [6.07, 6.45) is 0. The molecule has 0 radical (unpaired) electrons. The molecule has 120 valence electrons. The van der Waals surface area contributed by atoms with Gasteiger partial charge >= 0.3 is 0 Å². The van der Waals surface area contributed by atoms with Crippen molar-refractivity contribution in [2.24, 2.45) is 0 Å². The molecule has 1 fully saturated rings. The summed E-state index contributed by atoms with van der Waals surface area (Å²) in [5.74, 6) is 0.647. The summed E-state index contributed by atoms with van der Waals surface area (Å²) in [5.41, 5.74) is 0.0507. The van der Waals surface area contributed by atoms with E-state index in [9.17, 15) is 14.9 Å². The smallest absolute Gasteiger partial charge is 0.288 e. The van der Waals surface area contributed by atoms with E-state index in [0.29, 0.717) is 12.1 Å². The van der Waals surface area contributed by atoms with E-state index in [2.05, 4.69) is 0 Å². The van der Waals surface area contributed by atoms with Crippen LogP contribution in [0.5, 0.6) is 0 Å². The van der Waals surface area contributed by atoms with Crippen molar-refractivity contribution in [2.75, 3.05) is 12.3 Å². The van der Waals surface area contributed by atoms with Crippen LogP contribution in [0, 0.1) is 17.0 Å². The fourth-order valence-electron chi connectivity index (χ4n) is 2.45. The second-order valence-electron chi connectivity index (χ2n) is 5.09. The van der Waals surface area contributed by atoms with E-state index < -0.39 is 4.92 Å². The lowest BCUT2D eigenvalue weighted by molar-refractivity contribution is -0.384. The van der Waals surface area contributed by atoms with Gasteiger partial charge in [0.25, 0.3) is 11.6 Å². The van der Waals surface area contributed by atoms with Crippen molar-refractivity contribution in [3.05, 3.63) is 60.8 Å². The normalized spacial score (nSPS) is 17.5. The Morgan fingerprint density at radius 1 is 1.39 bits per heavy atom. The third kappa shape index (κ3) is 3.22. The van der Waals surface area contributed by atoms with E-state index in [1.54, 1.807) is 28.0 Å². The monoisotopic (exact) mass is 368 g/mol. The first kappa shape index (κ1) is 16.3. The number of carbonyl (C=O) groups is 1. The lowest BCUT2D eigenvalue weighted by atomic mass is 10.1. The highest BCUT2D eigenvalue weighted by Crippen LogP contribution is 2.41. The zero-order valence-electron chi connectivity index (χ0n) is 12.2. The Morgan fingerprint density at radius 3 is 2.83 bits per heavy atom. The van der Waals surface area contributed by atoms with Gasteiger partial charge in [0.1, 0.15) is 10.4 Å². The Hall–Kier alpha value is -1.57. The number of nitro benzene ring substituents is 1. The molecule has 0 spiro atoms. The molecular formula is C15H13ClN2O3S2. The minimum absolute atomic E-state index is 0.0315. The van der Waals surface area contributed by atoms with Crippen LogP contribution in [-0.4, -0.2) is 28.0 Å². The van der Waals surface area contributed by atoms with Crippen LogP contribution in [0.4, 0.5) is 5.69 Å². The van der Waals surface area contributed by atoms with Gasteiger partial charge in [0.15, 0.2) is 0 Å². The number of aryl methyl sites for hydroxylation is 1. The highest BCUT2D eigenvalue weighted by Gasteiger charge is 2.32. The van der Waals surface area contributed by atoms with Crippen LogP contribution in [0.1, 0.15) is 25.5 Å². The molecule has 1 aromatic heterocycles. The molecule has 1 saturated heterocycles. The first-order valence-corrected chi connectivity index (χ1v) is 9.14. The SMILES string of the molecule is Cc1ccc(C2SCCN2C(=O)c2ccc(Cl)c([N+](=O)[O-])c2)s1. The summed E-state index contributed by atoms with van der Waals surface area (Å²) >= 11 is 9.19. The summed E-state index contributed by atoms with van der Waals surface area (Å²) in [6.45, 7) is 2.66. The molecular weight excluding hydrogens is 356 g/mol. The van der Waals surface area contributed by atoms with Gasteiger partial charge in [-0.1, -0.05) is 11.6 Å². The summed E-state index contributed by atoms with van der Waals surface area (Å²) in [5, 5.41) is 11.0. The molecule has 5 nitrogen and oxygen atoms in total. The number of nitrogens with zero attached hydrogens (tertiary/aromatic N) is 2. The number of carbonyl (C=O) groups excluding carboxylic acids is 1. The minimum Gasteiger partial charge on any atom is -0.321 e. The number of nitro groups is 1. The number of amides is 1. The molecule has 1 aliphatic rings. The summed E-state index contributed by atoms with van der Waals surface area (Å²) in [4.78, 5) is 27.3. The Morgan fingerprint density at radius 2 is 2.17 bits per heavy atom. The zero-order valence-corrected chi connectivity index (χ0v) is 14.6. The second-order valence-corrected chi connectivity index (χ2v) is 8.01. The lowest BCUT2D eigenvalue weighted by Gasteiger charge is -2.23. The van der Waals surface area contributed by atoms with Gasteiger partial charge in [0.2, 0.25) is 0 Å². The molecule has 8 heteroatoms. The molecule has 1 amide bonds. The molecule has 1 aliphatic heterocycles. The van der Waals surface area contributed by atoms with Crippen molar-refractivity contribution >= 4 is 46.3 Å². The molecule has 23 heavy (non-hydrogen) atoms. The van der Waals surface area contributed by atoms with Gasteiger partial charge < -0.3 is 4.90 Å². The Balaban J connectivity index is 1.90. The van der Waals surface area contributed by atoms with Gasteiger partial charge in [-0.15, -0.1) is 23.1 Å². The predicted molar refractivity (Wildman–Crippen MR) is 93.4 cm³/mol. The van der Waals surface area contributed by atoms with Gasteiger partial charge in [-0.2, -0.15) is 0 Å². The third-order valence-electron chi connectivity index (χ3n) is 3.55. The second kappa shape index (κ2) is 6.51. The lowest BCUT2D eigenvalue weighted by Crippen LogP contribution is -2.30. The number of thiophene rings is 1. The first-order valence-electron chi connectivity index (χ1n) is 6.90. The van der Waals surface area contributed by atoms with E-state index in [1.165, 1.54) is 23.1 Å². The van der Waals surface area contributed by atoms with Crippen molar-refractivity contribution in [3.8, 4) is 0 Å². The van der Waals surface area contributed by atoms with E-state index in [-0.39, 0.29) is 22.0 Å². The molecule has 0 aliphatic carbocycles. The number of hydrogen-bond acceptors (Lipinski definition) is 5. The van der Waals surface area contributed by atoms with Crippen molar-refractivity contribution in [1.29, 1.82) is 0 Å². The van der Waals surface area contributed by atoms with Crippen LogP contribution >= 0.6 is 34.7 Å². The first-order chi connectivity index (χ1) is 11.0. The Labute approximate surface area is 146 Å². The fourth-order valence-corrected chi connectivity index (χ4v) is 5.01. The van der Waals surface area contributed by atoms with Crippen LogP contribution in [0.2, 0.25) is 5.02 Å². The van der Waals surface area contributed by atoms with Crippen LogP contribution in [0.25, 0.3) is 0 Å². The molecule has 1 aromatic carbocycles. The molecule has 2 aromatic rings. The number of halogens is 1. The topological polar surface area (TPSA) is 63.5 Å². The molecule has 0 saturated carbocycles. The Kier molecular flexibility index (Phi) is 4.61. The van der Waals surface area contributed by atoms with Gasteiger partial charge in [0, 0.05) is 33.7 Å². The van der Waals surface area contributed by atoms with Gasteiger partial charge in [-0.3, -0.25) is 14.9 Å². The number of benzene rings is 1. The number of rotatable bonds is 3. The average Bonchev–Trinajstić information content (AvgIpc) is 3.15. The Bertz CT molecular complexity index is 778. The summed E-state index contributed by atoms with van der Waals surface area (Å²) in [7, 11) is 0. The van der Waals surface area contributed by atoms with Crippen molar-refractivity contribution in [1.82, 2.24) is 4.90 Å². The van der Waals surface area contributed by atoms with E-state index >= 15 is 0 Å². The molecule has 0 bridgehead atoms. The highest BCUT2D eigenvalue weighted by atomic mass is 35.5. The molecule has 2 heterocycles. The maximum absolute atomic E-state index is 12.8. The largest absolute Gasteiger partial charge is 0.321 e. The average molecular weight is 369 g/mol. The summed E-state index contributed by atoms with van der Waals surface area (Å²) in [6, 6.07) is 8.27. The van der Waals surface area contributed by atoms with E-state index in [1.807, 2.05) is 19.1 Å². The van der Waals surface area contributed by atoms with Crippen molar-refractivity contribution in [2.45, 2.75) is 12.3 Å². The molecule has 1 unspecified atom stereocenters. The van der Waals surface area contributed by atoms with Crippen LogP contribution < -0.4 is 0 Å². The van der Waals surface area contributed by atoms with Gasteiger partial charge in [-0.05, 0) is 31.2 Å². The number of thioether (sulfide) groups is 1. The molecule has 3 rings (SSSR count). The fraction of sp³-hybridized carbons (Fsp3) is 0.267. The van der Waals surface area contributed by atoms with Gasteiger partial charge in [0.05, 0.1) is 4.92 Å². The minimum atomic E-state index is -0.571. The molecule has 1 atom stereocenters. The number of hydrogen-bond donors (Lipinski definition) is 0. The van der Waals surface area contributed by atoms with Crippen LogP contribution in [0.3, 0.4) is 0 Å². The molecule has 0 N–H and O–H groups in total. The van der Waals surface area contributed by atoms with E-state index in [0.717, 1.165) is 10.6 Å². The predicted octanol–water partition coefficient (Wildman–Crippen LogP) is 4.51. The maximum atomic E-state index is 12.8. The maximum Gasteiger partial charge on any atom is 0.288 e. The third-order valence-corrected chi connectivity index (χ3v) is 6.31. The highest BCUT2D eigenvalue weighted by molar-refractivity contribution is 7.99. The standard InChI is InChI=1S/C15H13ClN2O3S2/c1-9-2-5-13(23-9)15-17(6-7-22-15)14(19)10-3-4-11(16)12(8-10)18(20)21/h2-5,8,15H,6-7H2,1H3. The van der Waals surface area contributed by atoms with Crippen LogP contribution in [0.15, 0.2) is 30.3 Å². The van der Waals surface area contributed by atoms with E-state index in [4.69, 9.17) is 11.6 Å². The van der Waals surface area contributed by atoms with Crippen molar-refractivity contribution < 1.29 is 9.72 Å².